The van der Waals surface area contributed by atoms with Gasteiger partial charge in [-0.2, -0.15) is 0 Å². The second-order valence-electron chi connectivity index (χ2n) is 3.68. The van der Waals surface area contributed by atoms with Gasteiger partial charge in [0.2, 0.25) is 0 Å². The molecule has 1 N–H and O–H groups in total. The summed E-state index contributed by atoms with van der Waals surface area (Å²) in [6.07, 6.45) is 0. The number of thiazole rings is 1. The standard InChI is InChI=1S/C12H10F2N2OS/c1-7-16-11(6-18-7)12(17)15-5-8-2-3-9(13)10(14)4-8/h2-4,6H,5H2,1H3,(H,15,17). The summed E-state index contributed by atoms with van der Waals surface area (Å²) in [5, 5.41) is 5.04. The smallest absolute Gasteiger partial charge is 0.271 e. The number of carbonyl (C=O) groups excluding carboxylic acids is 1. The van der Waals surface area contributed by atoms with Crippen molar-refractivity contribution < 1.29 is 13.6 Å². The summed E-state index contributed by atoms with van der Waals surface area (Å²) in [5.41, 5.74) is 0.828. The number of rotatable bonds is 3. The van der Waals surface area contributed by atoms with E-state index >= 15 is 0 Å². The SMILES string of the molecule is Cc1nc(C(=O)NCc2ccc(F)c(F)c2)cs1. The summed E-state index contributed by atoms with van der Waals surface area (Å²) in [5.74, 6) is -2.16. The normalized spacial score (nSPS) is 10.4. The lowest BCUT2D eigenvalue weighted by molar-refractivity contribution is 0.0946. The Bertz CT molecular complexity index is 583. The van der Waals surface area contributed by atoms with Crippen molar-refractivity contribution in [3.05, 3.63) is 51.5 Å². The van der Waals surface area contributed by atoms with Crippen LogP contribution in [-0.4, -0.2) is 10.9 Å². The van der Waals surface area contributed by atoms with Gasteiger partial charge in [0, 0.05) is 11.9 Å². The Balaban J connectivity index is 1.99. The fraction of sp³-hybridized carbons (Fsp3) is 0.167. The Kier molecular flexibility index (Phi) is 3.66. The summed E-state index contributed by atoms with van der Waals surface area (Å²) in [4.78, 5) is 15.7. The lowest BCUT2D eigenvalue weighted by Gasteiger charge is -2.04. The maximum Gasteiger partial charge on any atom is 0.271 e. The number of aryl methyl sites for hydroxylation is 1. The van der Waals surface area contributed by atoms with E-state index in [1.165, 1.54) is 17.4 Å². The molecule has 0 radical (unpaired) electrons. The molecule has 0 aliphatic rings. The summed E-state index contributed by atoms with van der Waals surface area (Å²) in [6.45, 7) is 1.93. The third kappa shape index (κ3) is 2.89. The van der Waals surface area contributed by atoms with Gasteiger partial charge < -0.3 is 5.32 Å². The molecule has 0 saturated heterocycles. The van der Waals surface area contributed by atoms with Crippen LogP contribution in [-0.2, 0) is 6.54 Å². The van der Waals surface area contributed by atoms with Crippen LogP contribution in [0.2, 0.25) is 0 Å². The second kappa shape index (κ2) is 5.22. The average molecular weight is 268 g/mol. The number of aromatic nitrogens is 1. The number of amides is 1. The van der Waals surface area contributed by atoms with Crippen molar-refractivity contribution in [2.75, 3.05) is 0 Å². The van der Waals surface area contributed by atoms with Crippen molar-refractivity contribution >= 4 is 17.2 Å². The second-order valence-corrected chi connectivity index (χ2v) is 4.75. The molecule has 1 aromatic carbocycles. The lowest BCUT2D eigenvalue weighted by Crippen LogP contribution is -2.23. The minimum Gasteiger partial charge on any atom is -0.347 e. The minimum absolute atomic E-state index is 0.132. The first-order valence-corrected chi connectivity index (χ1v) is 6.08. The van der Waals surface area contributed by atoms with E-state index in [0.717, 1.165) is 17.1 Å². The topological polar surface area (TPSA) is 42.0 Å². The molecule has 0 bridgehead atoms. The molecule has 0 aliphatic heterocycles. The lowest BCUT2D eigenvalue weighted by atomic mass is 10.2. The Morgan fingerprint density at radius 2 is 2.17 bits per heavy atom. The number of nitrogens with zero attached hydrogens (tertiary/aromatic N) is 1. The fourth-order valence-electron chi connectivity index (χ4n) is 1.39. The van der Waals surface area contributed by atoms with Crippen LogP contribution in [0.5, 0.6) is 0 Å². The highest BCUT2D eigenvalue weighted by molar-refractivity contribution is 7.09. The summed E-state index contributed by atoms with van der Waals surface area (Å²) in [7, 11) is 0. The van der Waals surface area contributed by atoms with E-state index in [9.17, 15) is 13.6 Å². The van der Waals surface area contributed by atoms with Gasteiger partial charge in [-0.15, -0.1) is 11.3 Å². The maximum atomic E-state index is 12.9. The van der Waals surface area contributed by atoms with Crippen molar-refractivity contribution in [1.82, 2.24) is 10.3 Å². The van der Waals surface area contributed by atoms with Crippen LogP contribution in [0.25, 0.3) is 0 Å². The van der Waals surface area contributed by atoms with Gasteiger partial charge in [-0.25, -0.2) is 13.8 Å². The Hall–Kier alpha value is -1.82. The van der Waals surface area contributed by atoms with Crippen LogP contribution in [0, 0.1) is 18.6 Å². The van der Waals surface area contributed by atoms with E-state index < -0.39 is 11.6 Å². The van der Waals surface area contributed by atoms with Crippen LogP contribution in [0.3, 0.4) is 0 Å². The van der Waals surface area contributed by atoms with E-state index in [2.05, 4.69) is 10.3 Å². The first-order chi connectivity index (χ1) is 8.56. The summed E-state index contributed by atoms with van der Waals surface area (Å²) >= 11 is 1.38. The monoisotopic (exact) mass is 268 g/mol. The molecule has 94 valence electrons. The van der Waals surface area contributed by atoms with Gasteiger partial charge in [-0.3, -0.25) is 4.79 Å². The van der Waals surface area contributed by atoms with Crippen LogP contribution in [0.4, 0.5) is 8.78 Å². The molecule has 2 rings (SSSR count). The van der Waals surface area contributed by atoms with E-state index in [0.29, 0.717) is 11.3 Å². The van der Waals surface area contributed by atoms with Crippen molar-refractivity contribution in [2.45, 2.75) is 13.5 Å². The predicted octanol–water partition coefficient (Wildman–Crippen LogP) is 2.66. The van der Waals surface area contributed by atoms with Gasteiger partial charge in [-0.1, -0.05) is 6.07 Å². The van der Waals surface area contributed by atoms with E-state index in [1.54, 1.807) is 12.3 Å². The highest BCUT2D eigenvalue weighted by atomic mass is 32.1. The quantitative estimate of drug-likeness (QED) is 0.929. The molecule has 0 aliphatic carbocycles. The largest absolute Gasteiger partial charge is 0.347 e. The van der Waals surface area contributed by atoms with Crippen molar-refractivity contribution in [3.8, 4) is 0 Å². The average Bonchev–Trinajstić information content (AvgIpc) is 2.77. The zero-order chi connectivity index (χ0) is 13.1. The summed E-state index contributed by atoms with van der Waals surface area (Å²) < 4.78 is 25.6. The third-order valence-electron chi connectivity index (χ3n) is 2.29. The third-order valence-corrected chi connectivity index (χ3v) is 3.06. The molecule has 0 spiro atoms. The number of halogens is 2. The number of hydrogen-bond donors (Lipinski definition) is 1. The van der Waals surface area contributed by atoms with Gasteiger partial charge in [-0.05, 0) is 24.6 Å². The van der Waals surface area contributed by atoms with E-state index in [1.807, 2.05) is 0 Å². The number of nitrogens with one attached hydrogen (secondary N) is 1. The maximum absolute atomic E-state index is 12.9. The molecule has 1 heterocycles. The molecule has 1 amide bonds. The molecule has 0 saturated carbocycles. The van der Waals surface area contributed by atoms with Crippen LogP contribution >= 0.6 is 11.3 Å². The number of carbonyl (C=O) groups is 1. The van der Waals surface area contributed by atoms with E-state index in [-0.39, 0.29) is 12.5 Å². The van der Waals surface area contributed by atoms with Crippen molar-refractivity contribution in [1.29, 1.82) is 0 Å². The van der Waals surface area contributed by atoms with Gasteiger partial charge in [0.25, 0.3) is 5.91 Å². The highest BCUT2D eigenvalue weighted by Crippen LogP contribution is 2.10. The first-order valence-electron chi connectivity index (χ1n) is 5.20. The van der Waals surface area contributed by atoms with Gasteiger partial charge in [0.1, 0.15) is 5.69 Å². The van der Waals surface area contributed by atoms with E-state index in [4.69, 9.17) is 0 Å². The van der Waals surface area contributed by atoms with Gasteiger partial charge >= 0.3 is 0 Å². The zero-order valence-corrected chi connectivity index (χ0v) is 10.4. The van der Waals surface area contributed by atoms with Crippen LogP contribution in [0.15, 0.2) is 23.6 Å². The minimum atomic E-state index is -0.925. The highest BCUT2D eigenvalue weighted by Gasteiger charge is 2.09. The Labute approximate surface area is 106 Å². The Morgan fingerprint density at radius 3 is 2.78 bits per heavy atom. The fourth-order valence-corrected chi connectivity index (χ4v) is 1.98. The molecule has 6 heteroatoms. The predicted molar refractivity (Wildman–Crippen MR) is 64.4 cm³/mol. The zero-order valence-electron chi connectivity index (χ0n) is 9.54. The van der Waals surface area contributed by atoms with Crippen molar-refractivity contribution in [3.63, 3.8) is 0 Å². The van der Waals surface area contributed by atoms with Crippen LogP contribution < -0.4 is 5.32 Å². The molecular weight excluding hydrogens is 258 g/mol. The molecule has 0 atom stereocenters. The molecular formula is C12H10F2N2OS. The molecule has 0 unspecified atom stereocenters. The van der Waals surface area contributed by atoms with Crippen molar-refractivity contribution in [2.24, 2.45) is 0 Å². The number of benzene rings is 1. The Morgan fingerprint density at radius 1 is 1.39 bits per heavy atom. The van der Waals surface area contributed by atoms with Gasteiger partial charge in [0.05, 0.1) is 5.01 Å². The molecule has 0 fully saturated rings. The summed E-state index contributed by atoms with van der Waals surface area (Å²) in [6, 6.07) is 3.51. The first kappa shape index (κ1) is 12.6. The van der Waals surface area contributed by atoms with Crippen LogP contribution in [0.1, 0.15) is 21.1 Å². The number of hydrogen-bond acceptors (Lipinski definition) is 3. The molecule has 18 heavy (non-hydrogen) atoms. The van der Waals surface area contributed by atoms with Gasteiger partial charge in [0.15, 0.2) is 11.6 Å². The molecule has 2 aromatic rings. The molecule has 1 aromatic heterocycles. The molecule has 3 nitrogen and oxygen atoms in total.